The van der Waals surface area contributed by atoms with Crippen LogP contribution >= 0.6 is 0 Å². The van der Waals surface area contributed by atoms with E-state index >= 15 is 0 Å². The van der Waals surface area contributed by atoms with E-state index in [9.17, 15) is 18.5 Å². The summed E-state index contributed by atoms with van der Waals surface area (Å²) in [7, 11) is -3.50. The summed E-state index contributed by atoms with van der Waals surface area (Å²) in [5.74, 6) is 0. The first-order valence-corrected chi connectivity index (χ1v) is 9.04. The number of nitrogens with zero attached hydrogens (tertiary/aromatic N) is 2. The Labute approximate surface area is 134 Å². The Bertz CT molecular complexity index is 893. The lowest BCUT2D eigenvalue weighted by atomic mass is 10.1. The van der Waals surface area contributed by atoms with Crippen LogP contribution in [0.3, 0.4) is 0 Å². The van der Waals surface area contributed by atoms with Gasteiger partial charge in [0.15, 0.2) is 9.84 Å². The van der Waals surface area contributed by atoms with E-state index in [1.807, 2.05) is 36.1 Å². The molecule has 0 aliphatic carbocycles. The Hall–Kier alpha value is -2.41. The highest BCUT2D eigenvalue weighted by atomic mass is 32.2. The maximum absolute atomic E-state index is 11.7. The molecule has 23 heavy (non-hydrogen) atoms. The molecule has 3 rings (SSSR count). The second-order valence-corrected chi connectivity index (χ2v) is 7.75. The fourth-order valence-electron chi connectivity index (χ4n) is 3.02. The first-order chi connectivity index (χ1) is 10.8. The zero-order valence-electron chi connectivity index (χ0n) is 12.8. The fourth-order valence-corrected chi connectivity index (χ4v) is 3.66. The van der Waals surface area contributed by atoms with Crippen LogP contribution in [0.4, 0.5) is 17.1 Å². The molecule has 0 saturated carbocycles. The van der Waals surface area contributed by atoms with Crippen molar-refractivity contribution in [2.75, 3.05) is 11.2 Å². The highest BCUT2D eigenvalue weighted by molar-refractivity contribution is 7.90. The van der Waals surface area contributed by atoms with Crippen molar-refractivity contribution in [2.24, 2.45) is 0 Å². The summed E-state index contributed by atoms with van der Waals surface area (Å²) in [5, 5.41) is 11.5. The molecule has 2 aromatic carbocycles. The van der Waals surface area contributed by atoms with E-state index in [1.54, 1.807) is 0 Å². The number of hydrogen-bond acceptors (Lipinski definition) is 5. The normalized spacial score (nSPS) is 17.1. The van der Waals surface area contributed by atoms with Crippen molar-refractivity contribution >= 4 is 26.9 Å². The minimum absolute atomic E-state index is 0.0481. The third-order valence-corrected chi connectivity index (χ3v) is 5.15. The Balaban J connectivity index is 2.19. The predicted octanol–water partition coefficient (Wildman–Crippen LogP) is 3.08. The molecule has 0 bridgehead atoms. The monoisotopic (exact) mass is 332 g/mol. The molecule has 0 amide bonds. The number of para-hydroxylation sites is 1. The van der Waals surface area contributed by atoms with Crippen molar-refractivity contribution in [3.8, 4) is 0 Å². The predicted molar refractivity (Wildman–Crippen MR) is 88.0 cm³/mol. The molecule has 7 heteroatoms. The second-order valence-electron chi connectivity index (χ2n) is 5.73. The first kappa shape index (κ1) is 15.5. The number of rotatable bonds is 3. The van der Waals surface area contributed by atoms with Gasteiger partial charge in [-0.3, -0.25) is 10.1 Å². The van der Waals surface area contributed by atoms with E-state index in [2.05, 4.69) is 0 Å². The van der Waals surface area contributed by atoms with Gasteiger partial charge >= 0.3 is 0 Å². The van der Waals surface area contributed by atoms with E-state index in [0.717, 1.165) is 30.0 Å². The molecule has 0 spiro atoms. The van der Waals surface area contributed by atoms with Crippen molar-refractivity contribution in [2.45, 2.75) is 24.3 Å². The third kappa shape index (κ3) is 2.68. The maximum Gasteiger partial charge on any atom is 0.294 e. The molecule has 0 fully saturated rings. The molecule has 1 atom stereocenters. The van der Waals surface area contributed by atoms with E-state index < -0.39 is 14.8 Å². The number of benzene rings is 2. The molecule has 1 unspecified atom stereocenters. The van der Waals surface area contributed by atoms with Crippen molar-refractivity contribution in [1.29, 1.82) is 0 Å². The van der Waals surface area contributed by atoms with Crippen molar-refractivity contribution < 1.29 is 13.3 Å². The second kappa shape index (κ2) is 5.34. The molecule has 0 aromatic heterocycles. The van der Waals surface area contributed by atoms with Gasteiger partial charge in [-0.1, -0.05) is 18.2 Å². The lowest BCUT2D eigenvalue weighted by Gasteiger charge is -2.24. The van der Waals surface area contributed by atoms with Crippen LogP contribution in [-0.2, 0) is 16.3 Å². The van der Waals surface area contributed by atoms with Gasteiger partial charge in [-0.05, 0) is 37.1 Å². The molecule has 120 valence electrons. The van der Waals surface area contributed by atoms with E-state index in [4.69, 9.17) is 0 Å². The number of nitro benzene ring substituents is 1. The summed E-state index contributed by atoms with van der Waals surface area (Å²) in [5.41, 5.74) is 2.27. The SMILES string of the molecule is CC1Cc2ccccc2N1c1ccc(S(C)(=O)=O)cc1[N+](=O)[O-]. The summed E-state index contributed by atoms with van der Waals surface area (Å²) in [6, 6.07) is 11.9. The summed E-state index contributed by atoms with van der Waals surface area (Å²) in [4.78, 5) is 12.8. The smallest absolute Gasteiger partial charge is 0.294 e. The van der Waals surface area contributed by atoms with Gasteiger partial charge in [-0.2, -0.15) is 0 Å². The number of hydrogen-bond donors (Lipinski definition) is 0. The lowest BCUT2D eigenvalue weighted by Crippen LogP contribution is -2.24. The van der Waals surface area contributed by atoms with Gasteiger partial charge in [-0.15, -0.1) is 0 Å². The third-order valence-electron chi connectivity index (χ3n) is 4.04. The standard InChI is InChI=1S/C16H16N2O4S/c1-11-9-12-5-3-4-6-14(12)17(11)15-8-7-13(23(2,21)22)10-16(15)18(19)20/h3-8,10-11H,9H2,1-2H3. The number of anilines is 2. The Kier molecular flexibility index (Phi) is 3.60. The van der Waals surface area contributed by atoms with Gasteiger partial charge in [0.1, 0.15) is 5.69 Å². The number of fused-ring (bicyclic) bond motifs is 1. The molecule has 1 heterocycles. The Morgan fingerprint density at radius 2 is 1.87 bits per heavy atom. The summed E-state index contributed by atoms with van der Waals surface area (Å²) in [6.07, 6.45) is 1.83. The van der Waals surface area contributed by atoms with Crippen LogP contribution in [0.15, 0.2) is 47.4 Å². The van der Waals surface area contributed by atoms with Gasteiger partial charge in [0, 0.05) is 24.1 Å². The summed E-state index contributed by atoms with van der Waals surface area (Å²) in [6.45, 7) is 1.99. The molecule has 0 radical (unpaired) electrons. The maximum atomic E-state index is 11.7. The first-order valence-electron chi connectivity index (χ1n) is 7.14. The molecule has 0 saturated heterocycles. The van der Waals surface area contributed by atoms with Crippen LogP contribution in [0.1, 0.15) is 12.5 Å². The van der Waals surface area contributed by atoms with Crippen molar-refractivity contribution in [3.63, 3.8) is 0 Å². The largest absolute Gasteiger partial charge is 0.332 e. The highest BCUT2D eigenvalue weighted by Gasteiger charge is 2.32. The molecule has 0 N–H and O–H groups in total. The van der Waals surface area contributed by atoms with Crippen LogP contribution in [0, 0.1) is 10.1 Å². The van der Waals surface area contributed by atoms with Crippen LogP contribution in [0.2, 0.25) is 0 Å². The van der Waals surface area contributed by atoms with Crippen LogP contribution in [0.5, 0.6) is 0 Å². The Morgan fingerprint density at radius 3 is 2.52 bits per heavy atom. The van der Waals surface area contributed by atoms with Gasteiger partial charge in [0.25, 0.3) is 5.69 Å². The van der Waals surface area contributed by atoms with Gasteiger partial charge in [-0.25, -0.2) is 8.42 Å². The van der Waals surface area contributed by atoms with Crippen LogP contribution < -0.4 is 4.90 Å². The van der Waals surface area contributed by atoms with Crippen LogP contribution in [0.25, 0.3) is 0 Å². The lowest BCUT2D eigenvalue weighted by molar-refractivity contribution is -0.384. The molecule has 2 aromatic rings. The summed E-state index contributed by atoms with van der Waals surface area (Å²) < 4.78 is 23.3. The minimum Gasteiger partial charge on any atom is -0.332 e. The average molecular weight is 332 g/mol. The molecule has 1 aliphatic rings. The quantitative estimate of drug-likeness (QED) is 0.637. The van der Waals surface area contributed by atoms with Gasteiger partial charge in [0.05, 0.1) is 9.82 Å². The molecule has 1 aliphatic heterocycles. The number of sulfone groups is 1. The molecular formula is C16H16N2O4S. The van der Waals surface area contributed by atoms with E-state index in [1.165, 1.54) is 12.1 Å². The van der Waals surface area contributed by atoms with Gasteiger partial charge in [0.2, 0.25) is 0 Å². The van der Waals surface area contributed by atoms with E-state index in [0.29, 0.717) is 5.69 Å². The van der Waals surface area contributed by atoms with Crippen LogP contribution in [-0.4, -0.2) is 25.6 Å². The Morgan fingerprint density at radius 1 is 1.17 bits per heavy atom. The van der Waals surface area contributed by atoms with E-state index in [-0.39, 0.29) is 16.6 Å². The topological polar surface area (TPSA) is 80.5 Å². The average Bonchev–Trinajstić information content (AvgIpc) is 2.81. The minimum atomic E-state index is -3.50. The zero-order valence-corrected chi connectivity index (χ0v) is 13.6. The highest BCUT2D eigenvalue weighted by Crippen LogP contribution is 2.42. The van der Waals surface area contributed by atoms with Crippen molar-refractivity contribution in [3.05, 3.63) is 58.1 Å². The number of nitro groups is 1. The van der Waals surface area contributed by atoms with Crippen molar-refractivity contribution in [1.82, 2.24) is 0 Å². The van der Waals surface area contributed by atoms with Gasteiger partial charge < -0.3 is 4.90 Å². The summed E-state index contributed by atoms with van der Waals surface area (Å²) >= 11 is 0. The fraction of sp³-hybridized carbons (Fsp3) is 0.250. The molecular weight excluding hydrogens is 316 g/mol. The molecule has 6 nitrogen and oxygen atoms in total. The zero-order chi connectivity index (χ0) is 16.8.